The predicted molar refractivity (Wildman–Crippen MR) is 79.7 cm³/mol. The van der Waals surface area contributed by atoms with E-state index >= 15 is 0 Å². The van der Waals surface area contributed by atoms with E-state index in [2.05, 4.69) is 34.4 Å². The van der Waals surface area contributed by atoms with E-state index in [1.807, 2.05) is 13.0 Å². The molecule has 2 aromatic rings. The van der Waals surface area contributed by atoms with Gasteiger partial charge in [0.2, 0.25) is 5.28 Å². The van der Waals surface area contributed by atoms with Gasteiger partial charge in [0, 0.05) is 11.4 Å². The Morgan fingerprint density at radius 2 is 2.28 bits per heavy atom. The van der Waals surface area contributed by atoms with Crippen LogP contribution in [0, 0.1) is 0 Å². The van der Waals surface area contributed by atoms with Crippen LogP contribution in [-0.4, -0.2) is 16.5 Å². The van der Waals surface area contributed by atoms with Crippen molar-refractivity contribution in [2.45, 2.75) is 26.7 Å². The fourth-order valence-electron chi connectivity index (χ4n) is 1.69. The van der Waals surface area contributed by atoms with E-state index in [0.29, 0.717) is 5.28 Å². The van der Waals surface area contributed by atoms with Crippen molar-refractivity contribution in [2.24, 2.45) is 0 Å². The highest BCUT2D eigenvalue weighted by Crippen LogP contribution is 2.30. The average Bonchev–Trinajstić information content (AvgIpc) is 2.77. The molecule has 0 atom stereocenters. The molecule has 3 nitrogen and oxygen atoms in total. The van der Waals surface area contributed by atoms with Crippen molar-refractivity contribution < 1.29 is 0 Å². The first kappa shape index (κ1) is 13.3. The van der Waals surface area contributed by atoms with E-state index in [0.717, 1.165) is 35.4 Å². The van der Waals surface area contributed by atoms with E-state index in [4.69, 9.17) is 11.6 Å². The maximum atomic E-state index is 5.95. The molecule has 0 unspecified atom stereocenters. The topological polar surface area (TPSA) is 37.8 Å². The van der Waals surface area contributed by atoms with Gasteiger partial charge in [0.05, 0.1) is 5.39 Å². The first-order valence-electron chi connectivity index (χ1n) is 6.05. The SMILES string of the molecule is C/C=C/CCNc1nc(Cl)nc2sc(CC)cc12. The molecule has 2 aromatic heterocycles. The minimum absolute atomic E-state index is 0.306. The van der Waals surface area contributed by atoms with Crippen LogP contribution in [0.4, 0.5) is 5.82 Å². The van der Waals surface area contributed by atoms with Gasteiger partial charge in [-0.05, 0) is 37.4 Å². The van der Waals surface area contributed by atoms with Crippen LogP contribution in [0.1, 0.15) is 25.1 Å². The van der Waals surface area contributed by atoms with Crippen molar-refractivity contribution in [3.8, 4) is 0 Å². The molecule has 0 saturated heterocycles. The van der Waals surface area contributed by atoms with Gasteiger partial charge in [-0.1, -0.05) is 19.1 Å². The number of fused-ring (bicyclic) bond motifs is 1. The molecule has 0 aromatic carbocycles. The highest BCUT2D eigenvalue weighted by atomic mass is 35.5. The number of aryl methyl sites for hydroxylation is 1. The normalized spacial score (nSPS) is 11.5. The van der Waals surface area contributed by atoms with E-state index in [1.54, 1.807) is 11.3 Å². The van der Waals surface area contributed by atoms with E-state index in [1.165, 1.54) is 4.88 Å². The van der Waals surface area contributed by atoms with Crippen LogP contribution in [0.5, 0.6) is 0 Å². The van der Waals surface area contributed by atoms with Gasteiger partial charge in [0.1, 0.15) is 10.6 Å². The molecule has 0 amide bonds. The molecule has 18 heavy (non-hydrogen) atoms. The second-order valence-corrected chi connectivity index (χ2v) is 5.36. The zero-order valence-electron chi connectivity index (χ0n) is 10.5. The number of rotatable bonds is 5. The lowest BCUT2D eigenvalue weighted by Crippen LogP contribution is -2.03. The summed E-state index contributed by atoms with van der Waals surface area (Å²) in [5.74, 6) is 0.838. The average molecular weight is 282 g/mol. The van der Waals surface area contributed by atoms with Gasteiger partial charge in [-0.3, -0.25) is 0 Å². The molecular formula is C13H16ClN3S. The molecule has 1 N–H and O–H groups in total. The fraction of sp³-hybridized carbons (Fsp3) is 0.385. The Hall–Kier alpha value is -1.13. The van der Waals surface area contributed by atoms with Crippen molar-refractivity contribution in [1.29, 1.82) is 0 Å². The molecule has 0 bridgehead atoms. The Morgan fingerprint density at radius 3 is 3.00 bits per heavy atom. The third kappa shape index (κ3) is 3.00. The zero-order chi connectivity index (χ0) is 13.0. The van der Waals surface area contributed by atoms with Gasteiger partial charge in [-0.15, -0.1) is 11.3 Å². The van der Waals surface area contributed by atoms with Gasteiger partial charge in [0.15, 0.2) is 0 Å². The predicted octanol–water partition coefficient (Wildman–Crippen LogP) is 4.29. The summed E-state index contributed by atoms with van der Waals surface area (Å²) < 4.78 is 0. The van der Waals surface area contributed by atoms with Crippen LogP contribution >= 0.6 is 22.9 Å². The quantitative estimate of drug-likeness (QED) is 0.505. The molecule has 0 aliphatic heterocycles. The Bertz CT molecular complexity index is 563. The molecule has 0 aliphatic carbocycles. The summed E-state index contributed by atoms with van der Waals surface area (Å²) >= 11 is 7.63. The fourth-order valence-corrected chi connectivity index (χ4v) is 2.88. The Balaban J connectivity index is 2.27. The standard InChI is InChI=1S/C13H16ClN3S/c1-3-5-6-7-15-11-10-8-9(4-2)18-12(10)17-13(14)16-11/h3,5,8H,4,6-7H2,1-2H3,(H,15,16,17)/b5-3+. The highest BCUT2D eigenvalue weighted by molar-refractivity contribution is 7.18. The van der Waals surface area contributed by atoms with Crippen LogP contribution in [0.15, 0.2) is 18.2 Å². The number of halogens is 1. The van der Waals surface area contributed by atoms with Crippen molar-refractivity contribution in [1.82, 2.24) is 9.97 Å². The summed E-state index contributed by atoms with van der Waals surface area (Å²) in [7, 11) is 0. The van der Waals surface area contributed by atoms with E-state index < -0.39 is 0 Å². The summed E-state index contributed by atoms with van der Waals surface area (Å²) in [6.07, 6.45) is 6.16. The molecule has 0 radical (unpaired) electrons. The summed E-state index contributed by atoms with van der Waals surface area (Å²) in [4.78, 5) is 10.8. The summed E-state index contributed by atoms with van der Waals surface area (Å²) in [6, 6.07) is 2.15. The van der Waals surface area contributed by atoms with Gasteiger partial charge in [-0.25, -0.2) is 9.97 Å². The van der Waals surface area contributed by atoms with Crippen molar-refractivity contribution in [2.75, 3.05) is 11.9 Å². The lowest BCUT2D eigenvalue weighted by Gasteiger charge is -2.05. The molecular weight excluding hydrogens is 266 g/mol. The number of nitrogens with zero attached hydrogens (tertiary/aromatic N) is 2. The second kappa shape index (κ2) is 6.16. The molecule has 0 aliphatic rings. The number of allylic oxidation sites excluding steroid dienone is 1. The molecule has 0 fully saturated rings. The molecule has 0 spiro atoms. The summed E-state index contributed by atoms with van der Waals surface area (Å²) in [6.45, 7) is 5.01. The van der Waals surface area contributed by atoms with Gasteiger partial charge >= 0.3 is 0 Å². The van der Waals surface area contributed by atoms with E-state index in [-0.39, 0.29) is 0 Å². The van der Waals surface area contributed by atoms with Crippen LogP contribution in [0.25, 0.3) is 10.2 Å². The molecule has 2 rings (SSSR count). The van der Waals surface area contributed by atoms with Crippen molar-refractivity contribution >= 4 is 39.0 Å². The molecule has 96 valence electrons. The first-order chi connectivity index (χ1) is 8.74. The van der Waals surface area contributed by atoms with Crippen molar-refractivity contribution in [3.63, 3.8) is 0 Å². The Kier molecular flexibility index (Phi) is 4.55. The third-order valence-electron chi connectivity index (χ3n) is 2.60. The lowest BCUT2D eigenvalue weighted by atomic mass is 10.3. The Labute approximate surface area is 116 Å². The third-order valence-corrected chi connectivity index (χ3v) is 3.95. The number of nitrogens with one attached hydrogen (secondary N) is 1. The zero-order valence-corrected chi connectivity index (χ0v) is 12.1. The number of hydrogen-bond donors (Lipinski definition) is 1. The van der Waals surface area contributed by atoms with Gasteiger partial charge < -0.3 is 5.32 Å². The second-order valence-electron chi connectivity index (χ2n) is 3.91. The van der Waals surface area contributed by atoms with Gasteiger partial charge in [-0.2, -0.15) is 0 Å². The van der Waals surface area contributed by atoms with E-state index in [9.17, 15) is 0 Å². The highest BCUT2D eigenvalue weighted by Gasteiger charge is 2.09. The van der Waals surface area contributed by atoms with Crippen LogP contribution < -0.4 is 5.32 Å². The largest absolute Gasteiger partial charge is 0.369 e. The molecule has 0 saturated carbocycles. The molecule has 2 heterocycles. The van der Waals surface area contributed by atoms with Crippen LogP contribution in [-0.2, 0) is 6.42 Å². The van der Waals surface area contributed by atoms with Crippen molar-refractivity contribution in [3.05, 3.63) is 28.4 Å². The molecule has 5 heteroatoms. The van der Waals surface area contributed by atoms with Crippen LogP contribution in [0.3, 0.4) is 0 Å². The monoisotopic (exact) mass is 281 g/mol. The maximum absolute atomic E-state index is 5.95. The Morgan fingerprint density at radius 1 is 1.44 bits per heavy atom. The minimum Gasteiger partial charge on any atom is -0.369 e. The number of aromatic nitrogens is 2. The van der Waals surface area contributed by atoms with Crippen LogP contribution in [0.2, 0.25) is 5.28 Å². The number of hydrogen-bond acceptors (Lipinski definition) is 4. The maximum Gasteiger partial charge on any atom is 0.225 e. The summed E-state index contributed by atoms with van der Waals surface area (Å²) in [5, 5.41) is 4.70. The van der Waals surface area contributed by atoms with Gasteiger partial charge in [0.25, 0.3) is 0 Å². The minimum atomic E-state index is 0.306. The lowest BCUT2D eigenvalue weighted by molar-refractivity contribution is 1.04. The number of thiophene rings is 1. The first-order valence-corrected chi connectivity index (χ1v) is 7.25. The number of anilines is 1. The smallest absolute Gasteiger partial charge is 0.225 e. The summed E-state index contributed by atoms with van der Waals surface area (Å²) in [5.41, 5.74) is 0.